The van der Waals surface area contributed by atoms with Crippen LogP contribution in [0, 0.1) is 17.8 Å². The minimum Gasteiger partial charge on any atom is -0.393 e. The summed E-state index contributed by atoms with van der Waals surface area (Å²) in [5.41, 5.74) is 0. The molecule has 0 aliphatic carbocycles. The van der Waals surface area contributed by atoms with Gasteiger partial charge in [-0.1, -0.05) is 27.7 Å². The molecule has 1 heterocycles. The van der Waals surface area contributed by atoms with Gasteiger partial charge in [0.15, 0.2) is 0 Å². The Bertz CT molecular complexity index is 175. The Kier molecular flexibility index (Phi) is 5.77. The average molecular weight is 228 g/mol. The van der Waals surface area contributed by atoms with E-state index in [4.69, 9.17) is 4.74 Å². The summed E-state index contributed by atoms with van der Waals surface area (Å²) in [6, 6.07) is 0. The predicted octanol–water partition coefficient (Wildman–Crippen LogP) is 3.23. The van der Waals surface area contributed by atoms with Gasteiger partial charge in [-0.2, -0.15) is 0 Å². The van der Waals surface area contributed by atoms with E-state index in [9.17, 15) is 5.11 Å². The molecule has 1 saturated heterocycles. The molecule has 4 atom stereocenters. The molecule has 0 aromatic heterocycles. The van der Waals surface area contributed by atoms with Gasteiger partial charge in [0, 0.05) is 0 Å². The summed E-state index contributed by atoms with van der Waals surface area (Å²) in [6.45, 7) is 9.86. The van der Waals surface area contributed by atoms with Gasteiger partial charge in [0.25, 0.3) is 0 Å². The first-order valence-corrected chi connectivity index (χ1v) is 6.77. The molecule has 96 valence electrons. The maximum Gasteiger partial charge on any atom is 0.0812 e. The van der Waals surface area contributed by atoms with E-state index in [-0.39, 0.29) is 6.10 Å². The van der Waals surface area contributed by atoms with Crippen molar-refractivity contribution in [2.24, 2.45) is 17.8 Å². The van der Waals surface area contributed by atoms with Crippen molar-refractivity contribution in [1.82, 2.24) is 0 Å². The van der Waals surface area contributed by atoms with Gasteiger partial charge in [-0.25, -0.2) is 0 Å². The summed E-state index contributed by atoms with van der Waals surface area (Å²) in [6.07, 6.45) is 4.74. The first-order chi connectivity index (χ1) is 7.47. The molecule has 0 aromatic rings. The number of hydrogen-bond donors (Lipinski definition) is 1. The van der Waals surface area contributed by atoms with E-state index in [0.717, 1.165) is 25.4 Å². The van der Waals surface area contributed by atoms with Crippen LogP contribution in [0.5, 0.6) is 0 Å². The van der Waals surface area contributed by atoms with Crippen molar-refractivity contribution < 1.29 is 9.84 Å². The van der Waals surface area contributed by atoms with Crippen LogP contribution in [0.4, 0.5) is 0 Å². The Hall–Kier alpha value is -0.0800. The van der Waals surface area contributed by atoms with Crippen LogP contribution in [0.25, 0.3) is 0 Å². The maximum absolute atomic E-state index is 9.87. The van der Waals surface area contributed by atoms with Gasteiger partial charge in [0.05, 0.1) is 18.8 Å². The van der Waals surface area contributed by atoms with Gasteiger partial charge in [-0.05, 0) is 43.4 Å². The highest BCUT2D eigenvalue weighted by molar-refractivity contribution is 4.74. The van der Waals surface area contributed by atoms with Gasteiger partial charge >= 0.3 is 0 Å². The average Bonchev–Trinajstić information content (AvgIpc) is 2.84. The van der Waals surface area contributed by atoms with Gasteiger partial charge in [0.1, 0.15) is 0 Å². The van der Waals surface area contributed by atoms with Gasteiger partial charge in [0.2, 0.25) is 0 Å². The fraction of sp³-hybridized carbons (Fsp3) is 1.00. The molecule has 0 aromatic carbocycles. The third kappa shape index (κ3) is 6.49. The summed E-state index contributed by atoms with van der Waals surface area (Å²) in [5, 5.41) is 9.87. The van der Waals surface area contributed by atoms with Gasteiger partial charge < -0.3 is 9.84 Å². The molecule has 1 rings (SSSR count). The molecule has 1 fully saturated rings. The minimum atomic E-state index is -0.112. The van der Waals surface area contributed by atoms with Crippen LogP contribution in [-0.2, 0) is 4.74 Å². The summed E-state index contributed by atoms with van der Waals surface area (Å²) in [5.74, 6) is 1.95. The van der Waals surface area contributed by atoms with E-state index in [1.807, 2.05) is 0 Å². The lowest BCUT2D eigenvalue weighted by Gasteiger charge is -2.20. The number of epoxide rings is 1. The minimum absolute atomic E-state index is 0.112. The van der Waals surface area contributed by atoms with E-state index in [0.29, 0.717) is 17.9 Å². The highest BCUT2D eigenvalue weighted by Crippen LogP contribution is 2.26. The first kappa shape index (κ1) is 14.0. The third-order valence-corrected chi connectivity index (χ3v) is 3.29. The number of aliphatic hydroxyl groups is 1. The largest absolute Gasteiger partial charge is 0.393 e. The Morgan fingerprint density at radius 2 is 1.69 bits per heavy atom. The summed E-state index contributed by atoms with van der Waals surface area (Å²) >= 11 is 0. The molecule has 0 amide bonds. The maximum atomic E-state index is 9.87. The topological polar surface area (TPSA) is 32.8 Å². The molecule has 1 aliphatic rings. The summed E-state index contributed by atoms with van der Waals surface area (Å²) < 4.78 is 5.25. The van der Waals surface area contributed by atoms with Crippen LogP contribution in [0.15, 0.2) is 0 Å². The third-order valence-electron chi connectivity index (χ3n) is 3.29. The Balaban J connectivity index is 2.10. The highest BCUT2D eigenvalue weighted by Gasteiger charge is 2.25. The quantitative estimate of drug-likeness (QED) is 0.647. The number of hydrogen-bond acceptors (Lipinski definition) is 2. The molecule has 0 radical (unpaired) electrons. The predicted molar refractivity (Wildman–Crippen MR) is 67.4 cm³/mol. The SMILES string of the molecule is CC(C)CC(O)CC(C)CC(C)CC1CO1. The number of aliphatic hydroxyl groups excluding tert-OH is 1. The molecule has 2 nitrogen and oxygen atoms in total. The molecular formula is C14H28O2. The van der Waals surface area contributed by atoms with Crippen molar-refractivity contribution in [3.8, 4) is 0 Å². The van der Waals surface area contributed by atoms with Gasteiger partial charge in [-0.3, -0.25) is 0 Å². The molecule has 0 spiro atoms. The second kappa shape index (κ2) is 6.61. The Morgan fingerprint density at radius 1 is 1.06 bits per heavy atom. The van der Waals surface area contributed by atoms with Crippen LogP contribution in [0.1, 0.15) is 53.4 Å². The van der Waals surface area contributed by atoms with Crippen molar-refractivity contribution in [3.05, 3.63) is 0 Å². The van der Waals surface area contributed by atoms with Crippen LogP contribution in [-0.4, -0.2) is 23.9 Å². The monoisotopic (exact) mass is 228 g/mol. The van der Waals surface area contributed by atoms with Crippen molar-refractivity contribution in [2.75, 3.05) is 6.61 Å². The van der Waals surface area contributed by atoms with Gasteiger partial charge in [-0.15, -0.1) is 0 Å². The Labute approximate surface area is 100 Å². The van der Waals surface area contributed by atoms with Crippen molar-refractivity contribution in [3.63, 3.8) is 0 Å². The molecule has 1 N–H and O–H groups in total. The normalized spacial score (nSPS) is 25.5. The Morgan fingerprint density at radius 3 is 2.19 bits per heavy atom. The van der Waals surface area contributed by atoms with Crippen LogP contribution < -0.4 is 0 Å². The number of rotatable bonds is 8. The fourth-order valence-electron chi connectivity index (χ4n) is 2.64. The van der Waals surface area contributed by atoms with Crippen molar-refractivity contribution >= 4 is 0 Å². The fourth-order valence-corrected chi connectivity index (χ4v) is 2.64. The zero-order chi connectivity index (χ0) is 12.1. The molecular weight excluding hydrogens is 200 g/mol. The van der Waals surface area contributed by atoms with E-state index >= 15 is 0 Å². The zero-order valence-corrected chi connectivity index (χ0v) is 11.3. The number of ether oxygens (including phenoxy) is 1. The molecule has 16 heavy (non-hydrogen) atoms. The van der Waals surface area contributed by atoms with E-state index in [2.05, 4.69) is 27.7 Å². The summed E-state index contributed by atoms with van der Waals surface area (Å²) in [4.78, 5) is 0. The van der Waals surface area contributed by atoms with Crippen molar-refractivity contribution in [2.45, 2.75) is 65.6 Å². The zero-order valence-electron chi connectivity index (χ0n) is 11.3. The van der Waals surface area contributed by atoms with E-state index in [1.165, 1.54) is 12.8 Å². The smallest absolute Gasteiger partial charge is 0.0812 e. The highest BCUT2D eigenvalue weighted by atomic mass is 16.6. The van der Waals surface area contributed by atoms with Crippen LogP contribution >= 0.6 is 0 Å². The van der Waals surface area contributed by atoms with Crippen LogP contribution in [0.2, 0.25) is 0 Å². The standard InChI is InChI=1S/C14H28O2/c1-10(2)5-13(15)7-11(3)6-12(4)8-14-9-16-14/h10-15H,5-9H2,1-4H3. The second-order valence-corrected chi connectivity index (χ2v) is 6.16. The molecule has 4 unspecified atom stereocenters. The first-order valence-electron chi connectivity index (χ1n) is 6.77. The lowest BCUT2D eigenvalue weighted by molar-refractivity contribution is 0.116. The molecule has 1 aliphatic heterocycles. The van der Waals surface area contributed by atoms with Crippen molar-refractivity contribution in [1.29, 1.82) is 0 Å². The molecule has 0 bridgehead atoms. The van der Waals surface area contributed by atoms with E-state index < -0.39 is 0 Å². The molecule has 2 heteroatoms. The lowest BCUT2D eigenvalue weighted by atomic mass is 9.88. The summed E-state index contributed by atoms with van der Waals surface area (Å²) in [7, 11) is 0. The molecule has 0 saturated carbocycles. The second-order valence-electron chi connectivity index (χ2n) is 6.16. The van der Waals surface area contributed by atoms with E-state index in [1.54, 1.807) is 0 Å². The van der Waals surface area contributed by atoms with Crippen LogP contribution in [0.3, 0.4) is 0 Å². The lowest BCUT2D eigenvalue weighted by Crippen LogP contribution is -2.16.